The van der Waals surface area contributed by atoms with Crippen molar-refractivity contribution in [3.8, 4) is 135 Å². The molecule has 4 radical (unpaired) electrons. The number of benzene rings is 8. The second kappa shape index (κ2) is 55.9. The van der Waals surface area contributed by atoms with Gasteiger partial charge in [0.05, 0.1) is 22.8 Å². The van der Waals surface area contributed by atoms with Crippen molar-refractivity contribution in [2.24, 2.45) is 0 Å². The fourth-order valence-electron chi connectivity index (χ4n) is 13.4. The molecule has 0 saturated carbocycles. The fourth-order valence-corrected chi connectivity index (χ4v) is 13.4. The summed E-state index contributed by atoms with van der Waals surface area (Å²) < 4.78 is 88.5. The zero-order valence-corrected chi connectivity index (χ0v) is 85.9. The van der Waals surface area contributed by atoms with Crippen molar-refractivity contribution in [2.45, 2.75) is 89.2 Å². The smallest absolute Gasteiger partial charge is 0.0719 e. The number of hydrogen-bond donors (Lipinski definition) is 0. The molecule has 12 nitrogen and oxygen atoms in total. The first kappa shape index (κ1) is 89.7. The van der Waals surface area contributed by atoms with Crippen molar-refractivity contribution < 1.29 is 96.9 Å². The first-order valence-electron chi connectivity index (χ1n) is 49.0. The third-order valence-corrected chi connectivity index (χ3v) is 20.8. The molecule has 16 heteroatoms. The van der Waals surface area contributed by atoms with Crippen LogP contribution in [-0.4, -0.2) is 59.8 Å². The molecule has 0 aliphatic carbocycles. The van der Waals surface area contributed by atoms with Crippen LogP contribution < -0.4 is 0 Å². The largest absolute Gasteiger partial charge is 0.304 e. The summed E-state index contributed by atoms with van der Waals surface area (Å²) in [6.45, 7) is 7.14. The van der Waals surface area contributed by atoms with Crippen molar-refractivity contribution in [1.29, 1.82) is 0 Å². The Morgan fingerprint density at radius 1 is 0.190 bits per heavy atom. The van der Waals surface area contributed by atoms with Crippen LogP contribution in [0.1, 0.15) is 90.1 Å². The number of pyridine rings is 12. The summed E-state index contributed by atoms with van der Waals surface area (Å²) in [6, 6.07) is 126. The maximum Gasteiger partial charge on any atom is 0.0719 e. The predicted octanol–water partition coefficient (Wildman–Crippen LogP) is 28.6. The Morgan fingerprint density at radius 2 is 0.372 bits per heavy atom. The van der Waals surface area contributed by atoms with Crippen molar-refractivity contribution >= 4 is 0 Å². The minimum atomic E-state index is -2.10. The van der Waals surface area contributed by atoms with E-state index in [1.807, 2.05) is 298 Å². The molecule has 20 rings (SSSR count). The van der Waals surface area contributed by atoms with Crippen LogP contribution in [0.25, 0.3) is 135 Å². The van der Waals surface area contributed by atoms with E-state index in [0.29, 0.717) is 22.3 Å². The molecule has 20 aromatic rings. The molecule has 0 fully saturated rings. The maximum atomic E-state index is 7.37. The minimum absolute atomic E-state index is 0. The van der Waals surface area contributed by atoms with Crippen LogP contribution in [-0.2, 0) is 86.8 Å². The Bertz CT molecular complexity index is 6820. The summed E-state index contributed by atoms with van der Waals surface area (Å²) in [4.78, 5) is 52.4. The van der Waals surface area contributed by atoms with Crippen LogP contribution in [0, 0.1) is 124 Å². The molecule has 12 heterocycles. The van der Waals surface area contributed by atoms with Crippen molar-refractivity contribution in [3.05, 3.63) is 505 Å². The van der Waals surface area contributed by atoms with Gasteiger partial charge in [0.25, 0.3) is 0 Å². The number of nitrogens with zero attached hydrogens (tertiary/aromatic N) is 12. The van der Waals surface area contributed by atoms with E-state index in [4.69, 9.17) is 16.4 Å². The van der Waals surface area contributed by atoms with Gasteiger partial charge in [-0.15, -0.1) is 287 Å². The van der Waals surface area contributed by atoms with E-state index in [-0.39, 0.29) is 80.4 Å². The molecular weight excluding hydrogens is 2390 g/mol. The number of aryl methyl sites for hydroxylation is 12. The standard InChI is InChI=1S/C18H15N2.3C17H13N2.4C13H12N.4Ir/c1-2-14-12-18(15-8-4-3-5-9-15)20-13-16(14)17-10-6-7-11-19-17;3*1-13-11-17(14-7-3-2-4-8-14)19-12-15(13)16-9-5-6-10-18-16;4*1-10-8-13(14-9-11(10)2)12-6-4-3-5-7-12;;;;/h3-8,10-13H,2H2,1H3;3*2-7,9-12H,1H3;4*3-6,8-9H,1-2H3;;;;/q8*-1;;;;/i;;;;4*2D3;;;;. The summed E-state index contributed by atoms with van der Waals surface area (Å²) in [7, 11) is 0. The third-order valence-electron chi connectivity index (χ3n) is 20.8. The summed E-state index contributed by atoms with van der Waals surface area (Å²) in [6.07, 6.45) is 21.4. The molecule has 12 aromatic heterocycles. The first-order chi connectivity index (χ1) is 69.8. The molecule has 0 bridgehead atoms. The van der Waals surface area contributed by atoms with E-state index in [1.165, 1.54) is 47.0 Å². The summed E-state index contributed by atoms with van der Waals surface area (Å²) >= 11 is 0. The first-order valence-corrected chi connectivity index (χ1v) is 43.0. The maximum absolute atomic E-state index is 7.37. The quantitative estimate of drug-likeness (QED) is 0.101. The molecule has 690 valence electrons. The van der Waals surface area contributed by atoms with Crippen LogP contribution in [0.3, 0.4) is 0 Å². The van der Waals surface area contributed by atoms with Gasteiger partial charge < -0.3 is 39.9 Å². The molecule has 0 unspecified atom stereocenters. The molecule has 0 aliphatic rings. The van der Waals surface area contributed by atoms with Crippen molar-refractivity contribution in [1.82, 2.24) is 59.8 Å². The summed E-state index contributed by atoms with van der Waals surface area (Å²) in [5, 5.41) is 0. The van der Waals surface area contributed by atoms with Gasteiger partial charge in [-0.25, -0.2) is 0 Å². The minimum Gasteiger partial charge on any atom is -0.304 e. The molecule has 0 atom stereocenters. The van der Waals surface area contributed by atoms with Crippen LogP contribution in [0.4, 0.5) is 0 Å². The van der Waals surface area contributed by atoms with E-state index < -0.39 is 27.4 Å². The average molecular weight is 2510 g/mol. The molecular formula is C121H102Ir4N12-8. The predicted molar refractivity (Wildman–Crippen MR) is 542 cm³/mol. The molecule has 0 spiro atoms. The second-order valence-corrected chi connectivity index (χ2v) is 30.3. The van der Waals surface area contributed by atoms with Gasteiger partial charge in [0.1, 0.15) is 0 Å². The van der Waals surface area contributed by atoms with E-state index >= 15 is 0 Å². The fraction of sp³-hybridized carbons (Fsp3) is 0.107. The molecule has 0 saturated heterocycles. The van der Waals surface area contributed by atoms with Crippen LogP contribution in [0.5, 0.6) is 0 Å². The molecule has 0 N–H and O–H groups in total. The Balaban J connectivity index is 0.000000188. The molecule has 8 aromatic carbocycles. The van der Waals surface area contributed by atoms with E-state index in [1.54, 1.807) is 70.6 Å². The Labute approximate surface area is 879 Å². The zero-order valence-electron chi connectivity index (χ0n) is 88.4. The molecule has 0 amide bonds. The Kier molecular flexibility index (Phi) is 36.6. The van der Waals surface area contributed by atoms with Gasteiger partial charge in [0.15, 0.2) is 0 Å². The molecule has 0 aliphatic heterocycles. The van der Waals surface area contributed by atoms with Crippen molar-refractivity contribution in [3.63, 3.8) is 0 Å². The van der Waals surface area contributed by atoms with Crippen LogP contribution in [0.15, 0.2) is 390 Å². The number of rotatable bonds is 13. The Hall–Kier alpha value is -13.8. The van der Waals surface area contributed by atoms with Gasteiger partial charge in [0, 0.05) is 193 Å². The van der Waals surface area contributed by atoms with Crippen LogP contribution in [0.2, 0.25) is 0 Å². The topological polar surface area (TPSA) is 155 Å². The van der Waals surface area contributed by atoms with Gasteiger partial charge in [-0.1, -0.05) is 102 Å². The van der Waals surface area contributed by atoms with E-state index in [0.717, 1.165) is 164 Å². The van der Waals surface area contributed by atoms with Gasteiger partial charge in [-0.2, -0.15) is 0 Å². The average Bonchev–Trinajstić information content (AvgIpc) is 0.826. The van der Waals surface area contributed by atoms with Gasteiger partial charge in [-0.05, 0) is 221 Å². The third kappa shape index (κ3) is 31.6. The van der Waals surface area contributed by atoms with Crippen molar-refractivity contribution in [2.75, 3.05) is 0 Å². The van der Waals surface area contributed by atoms with E-state index in [2.05, 4.69) is 160 Å². The zero-order chi connectivity index (χ0) is 103. The number of hydrogen-bond acceptors (Lipinski definition) is 12. The molecule has 137 heavy (non-hydrogen) atoms. The summed E-state index contributed by atoms with van der Waals surface area (Å²) in [5.74, 6) is 0. The van der Waals surface area contributed by atoms with Crippen LogP contribution >= 0.6 is 0 Å². The Morgan fingerprint density at radius 3 is 0.540 bits per heavy atom. The monoisotopic (exact) mass is 2510 g/mol. The van der Waals surface area contributed by atoms with E-state index in [9.17, 15) is 0 Å². The summed E-state index contributed by atoms with van der Waals surface area (Å²) in [5.41, 5.74) is 31.3. The van der Waals surface area contributed by atoms with Gasteiger partial charge >= 0.3 is 0 Å². The second-order valence-electron chi connectivity index (χ2n) is 30.3. The normalized spacial score (nSPS) is 11.6. The SMILES string of the molecule is CCc1cc(-c2[c-]cccc2)ncc1-c1ccccn1.Cc1cc(-c2[c-]cccc2)ncc1-c1ccccn1.Cc1cc(-c2[c-]cccc2)ncc1-c1ccccn1.Cc1cc(-c2[c-]cccc2)ncc1-c1ccccn1.[2H]C([2H])([2H])c1cnc(-c2[c-]cccc2)cc1C.[2H]C([2H])([2H])c1cnc(-c2[c-]cccc2)cc1C.[2H]C([2H])([2H])c1cnc(-c2[c-]cccc2)cc1C.[2H]C([2H])([2H])c1cnc(-c2[c-]cccc2)cc1C.[Ir].[Ir].[Ir].[Ir]. The number of aromatic nitrogens is 12. The van der Waals surface area contributed by atoms with Gasteiger partial charge in [0.2, 0.25) is 0 Å². The van der Waals surface area contributed by atoms with Gasteiger partial charge in [-0.3, -0.25) is 19.9 Å².